The van der Waals surface area contributed by atoms with Gasteiger partial charge in [0.1, 0.15) is 0 Å². The summed E-state index contributed by atoms with van der Waals surface area (Å²) in [6.45, 7) is 7.35. The van der Waals surface area contributed by atoms with Gasteiger partial charge in [-0.25, -0.2) is 4.57 Å². The van der Waals surface area contributed by atoms with E-state index in [1.54, 1.807) is 20.8 Å². The van der Waals surface area contributed by atoms with Gasteiger partial charge in [-0.2, -0.15) is 0 Å². The molecule has 1 unspecified atom stereocenters. The molecule has 0 aromatic heterocycles. The fraction of sp³-hybridized carbons (Fsp3) is 1.00. The van der Waals surface area contributed by atoms with Gasteiger partial charge < -0.3 is 4.89 Å². The van der Waals surface area contributed by atoms with Gasteiger partial charge in [-0.15, -0.1) is 0 Å². The van der Waals surface area contributed by atoms with Crippen LogP contribution in [0.25, 0.3) is 0 Å². The summed E-state index contributed by atoms with van der Waals surface area (Å²) in [4.78, 5) is 9.58. The third-order valence-corrected chi connectivity index (χ3v) is 4.08. The van der Waals surface area contributed by atoms with Gasteiger partial charge >= 0.3 is 7.82 Å². The number of hydrogen-bond donors (Lipinski definition) is 1. The Morgan fingerprint density at radius 2 is 2.00 bits per heavy atom. The van der Waals surface area contributed by atoms with Gasteiger partial charge in [-0.1, -0.05) is 13.3 Å². The van der Waals surface area contributed by atoms with Crippen molar-refractivity contribution in [3.05, 3.63) is 0 Å². The number of phosphoric acid groups is 1. The van der Waals surface area contributed by atoms with Crippen LogP contribution < -0.4 is 0 Å². The van der Waals surface area contributed by atoms with E-state index in [1.165, 1.54) is 0 Å². The zero-order chi connectivity index (χ0) is 12.4. The van der Waals surface area contributed by atoms with E-state index in [0.29, 0.717) is 5.92 Å². The monoisotopic (exact) mass is 250 g/mol. The first-order valence-electron chi connectivity index (χ1n) is 5.94. The highest BCUT2D eigenvalue weighted by Crippen LogP contribution is 2.50. The molecular weight excluding hydrogens is 227 g/mol. The van der Waals surface area contributed by atoms with Gasteiger partial charge in [-0.3, -0.25) is 9.05 Å². The summed E-state index contributed by atoms with van der Waals surface area (Å²) in [7, 11) is -3.90. The first-order chi connectivity index (χ1) is 7.22. The molecule has 1 aliphatic rings. The van der Waals surface area contributed by atoms with Gasteiger partial charge in [-0.05, 0) is 46.0 Å². The Morgan fingerprint density at radius 1 is 1.38 bits per heavy atom. The van der Waals surface area contributed by atoms with Crippen LogP contribution >= 0.6 is 7.82 Å². The maximum atomic E-state index is 11.7. The van der Waals surface area contributed by atoms with E-state index in [0.717, 1.165) is 25.7 Å². The van der Waals surface area contributed by atoms with Gasteiger partial charge in [0.15, 0.2) is 0 Å². The van der Waals surface area contributed by atoms with Crippen molar-refractivity contribution in [3.8, 4) is 0 Å². The molecule has 0 aromatic carbocycles. The van der Waals surface area contributed by atoms with Crippen molar-refractivity contribution in [2.24, 2.45) is 5.92 Å². The molecule has 0 radical (unpaired) electrons. The third-order valence-electron chi connectivity index (χ3n) is 2.74. The smallest absolute Gasteiger partial charge is 0.302 e. The Hall–Kier alpha value is 0.110. The highest BCUT2D eigenvalue weighted by molar-refractivity contribution is 7.47. The van der Waals surface area contributed by atoms with E-state index < -0.39 is 13.4 Å². The molecule has 1 aliphatic carbocycles. The second kappa shape index (κ2) is 5.18. The molecule has 0 aromatic rings. The molecule has 1 saturated carbocycles. The first-order valence-corrected chi connectivity index (χ1v) is 7.43. The van der Waals surface area contributed by atoms with Crippen molar-refractivity contribution in [2.45, 2.75) is 65.1 Å². The molecule has 0 amide bonds. The Labute approximate surface area is 98.0 Å². The van der Waals surface area contributed by atoms with E-state index in [-0.39, 0.29) is 6.10 Å². The molecule has 0 bridgehead atoms. The van der Waals surface area contributed by atoms with Crippen LogP contribution in [0, 0.1) is 5.92 Å². The maximum absolute atomic E-state index is 11.7. The lowest BCUT2D eigenvalue weighted by Gasteiger charge is -2.24. The minimum Gasteiger partial charge on any atom is -0.302 e. The summed E-state index contributed by atoms with van der Waals surface area (Å²) >= 11 is 0. The Balaban J connectivity index is 2.45. The van der Waals surface area contributed by atoms with Crippen LogP contribution in [0.3, 0.4) is 0 Å². The van der Waals surface area contributed by atoms with Crippen molar-refractivity contribution in [3.63, 3.8) is 0 Å². The van der Waals surface area contributed by atoms with Crippen LogP contribution in [-0.4, -0.2) is 16.6 Å². The Kier molecular flexibility index (Phi) is 4.58. The largest absolute Gasteiger partial charge is 0.472 e. The van der Waals surface area contributed by atoms with E-state index >= 15 is 0 Å². The summed E-state index contributed by atoms with van der Waals surface area (Å²) in [5.74, 6) is 0.625. The molecule has 5 heteroatoms. The summed E-state index contributed by atoms with van der Waals surface area (Å²) in [5, 5.41) is 0. The zero-order valence-corrected chi connectivity index (χ0v) is 11.5. The molecule has 1 N–H and O–H groups in total. The molecule has 0 saturated heterocycles. The van der Waals surface area contributed by atoms with Crippen molar-refractivity contribution in [1.82, 2.24) is 0 Å². The van der Waals surface area contributed by atoms with E-state index in [4.69, 9.17) is 9.05 Å². The summed E-state index contributed by atoms with van der Waals surface area (Å²) in [5.41, 5.74) is -0.660. The molecule has 1 fully saturated rings. The highest BCUT2D eigenvalue weighted by Gasteiger charge is 2.35. The molecule has 16 heavy (non-hydrogen) atoms. The molecule has 0 heterocycles. The molecule has 3 atom stereocenters. The minimum absolute atomic E-state index is 0.122. The first kappa shape index (κ1) is 14.2. The quantitative estimate of drug-likeness (QED) is 0.776. The third kappa shape index (κ3) is 4.96. The number of hydrogen-bond acceptors (Lipinski definition) is 3. The molecule has 96 valence electrons. The van der Waals surface area contributed by atoms with Crippen molar-refractivity contribution >= 4 is 7.82 Å². The van der Waals surface area contributed by atoms with Crippen molar-refractivity contribution in [2.75, 3.05) is 0 Å². The van der Waals surface area contributed by atoms with Crippen LogP contribution in [0.15, 0.2) is 0 Å². The van der Waals surface area contributed by atoms with Crippen LogP contribution in [0.2, 0.25) is 0 Å². The van der Waals surface area contributed by atoms with Crippen LogP contribution in [-0.2, 0) is 13.6 Å². The van der Waals surface area contributed by atoms with Crippen LogP contribution in [0.1, 0.15) is 53.4 Å². The molecule has 0 spiro atoms. The Bertz CT molecular complexity index is 272. The highest BCUT2D eigenvalue weighted by atomic mass is 31.2. The van der Waals surface area contributed by atoms with Gasteiger partial charge in [0, 0.05) is 0 Å². The lowest BCUT2D eigenvalue weighted by atomic mass is 10.1. The SMILES string of the molecule is CC[C@H]1CC[C@H](OP(=O)(O)OC(C)(C)C)C1. The fourth-order valence-corrected chi connectivity index (χ4v) is 3.36. The minimum atomic E-state index is -3.90. The van der Waals surface area contributed by atoms with Gasteiger partial charge in [0.05, 0.1) is 11.7 Å². The topological polar surface area (TPSA) is 55.8 Å². The second-order valence-corrected chi connectivity index (χ2v) is 6.82. The number of rotatable bonds is 4. The summed E-state index contributed by atoms with van der Waals surface area (Å²) in [6, 6.07) is 0. The molecule has 4 nitrogen and oxygen atoms in total. The van der Waals surface area contributed by atoms with Gasteiger partial charge in [0.25, 0.3) is 0 Å². The zero-order valence-electron chi connectivity index (χ0n) is 10.6. The second-order valence-electron chi connectivity index (χ2n) is 5.49. The lowest BCUT2D eigenvalue weighted by molar-refractivity contribution is 0.0423. The standard InChI is InChI=1S/C11H23O4P/c1-5-9-6-7-10(8-9)14-16(12,13)15-11(2,3)4/h9-10H,5-8H2,1-4H3,(H,12,13)/t9-,10-/m0/s1. The Morgan fingerprint density at radius 3 is 2.44 bits per heavy atom. The van der Waals surface area contributed by atoms with Gasteiger partial charge in [0.2, 0.25) is 0 Å². The average molecular weight is 250 g/mol. The maximum Gasteiger partial charge on any atom is 0.472 e. The van der Waals surface area contributed by atoms with Crippen LogP contribution in [0.5, 0.6) is 0 Å². The van der Waals surface area contributed by atoms with Crippen LogP contribution in [0.4, 0.5) is 0 Å². The lowest BCUT2D eigenvalue weighted by Crippen LogP contribution is -2.19. The van der Waals surface area contributed by atoms with Crippen molar-refractivity contribution < 1.29 is 18.5 Å². The molecule has 1 rings (SSSR count). The predicted molar refractivity (Wildman–Crippen MR) is 63.2 cm³/mol. The average Bonchev–Trinajstić information content (AvgIpc) is 2.46. The summed E-state index contributed by atoms with van der Waals surface area (Å²) in [6.07, 6.45) is 3.79. The normalized spacial score (nSPS) is 30.3. The molecular formula is C11H23O4P. The summed E-state index contributed by atoms with van der Waals surface area (Å²) < 4.78 is 21.9. The van der Waals surface area contributed by atoms with E-state index in [9.17, 15) is 9.46 Å². The fourth-order valence-electron chi connectivity index (χ4n) is 2.05. The van der Waals surface area contributed by atoms with Crippen molar-refractivity contribution in [1.29, 1.82) is 0 Å². The van der Waals surface area contributed by atoms with E-state index in [2.05, 4.69) is 6.92 Å². The predicted octanol–water partition coefficient (Wildman–Crippen LogP) is 3.50. The molecule has 0 aliphatic heterocycles. The number of phosphoric ester groups is 1. The van der Waals surface area contributed by atoms with E-state index in [1.807, 2.05) is 0 Å².